The van der Waals surface area contributed by atoms with Crippen LogP contribution in [-0.4, -0.2) is 22.1 Å². The zero-order valence-corrected chi connectivity index (χ0v) is 13.7. The van der Waals surface area contributed by atoms with Crippen LogP contribution < -0.4 is 9.47 Å². The molecule has 0 fully saturated rings. The number of nitrogens with zero attached hydrogens (tertiary/aromatic N) is 2. The molecular weight excluding hydrogens is 314 g/mol. The molecular formula is C20H17N3O2. The van der Waals surface area contributed by atoms with Crippen LogP contribution in [0.5, 0.6) is 11.6 Å². The Morgan fingerprint density at radius 1 is 0.920 bits per heavy atom. The quantitative estimate of drug-likeness (QED) is 0.597. The van der Waals surface area contributed by atoms with Gasteiger partial charge in [0, 0.05) is 18.0 Å². The van der Waals surface area contributed by atoms with Gasteiger partial charge in [0.25, 0.3) is 0 Å². The molecule has 124 valence electrons. The highest BCUT2D eigenvalue weighted by Gasteiger charge is 2.17. The number of hydrogen-bond donors (Lipinski definition) is 1. The Morgan fingerprint density at radius 3 is 2.56 bits per heavy atom. The van der Waals surface area contributed by atoms with E-state index >= 15 is 0 Å². The molecule has 5 heteroatoms. The first-order chi connectivity index (χ1) is 12.3. The monoisotopic (exact) mass is 331 g/mol. The first kappa shape index (κ1) is 15.2. The van der Waals surface area contributed by atoms with E-state index in [9.17, 15) is 0 Å². The van der Waals surface area contributed by atoms with E-state index in [1.54, 1.807) is 25.8 Å². The maximum absolute atomic E-state index is 6.14. The van der Waals surface area contributed by atoms with Crippen LogP contribution in [0, 0.1) is 0 Å². The average Bonchev–Trinajstić information content (AvgIpc) is 3.19. The lowest BCUT2D eigenvalue weighted by atomic mass is 9.99. The molecule has 1 unspecified atom stereocenters. The molecule has 2 aromatic carbocycles. The number of H-pyrrole nitrogens is 1. The topological polar surface area (TPSA) is 60.0 Å². The second-order valence-corrected chi connectivity index (χ2v) is 5.67. The van der Waals surface area contributed by atoms with Crippen LogP contribution in [0.3, 0.4) is 0 Å². The number of aromatic nitrogens is 3. The molecule has 1 atom stereocenters. The van der Waals surface area contributed by atoms with Gasteiger partial charge in [-0.2, -0.15) is 0 Å². The standard InChI is InChI=1S/C20H17N3O2/c1-24-18-7-6-14-9-16(5-4-15(14)10-18)20(17-3-2-8-21-11-17)25-19-12-22-13-23-19/h2-13,20H,1H3,(H,22,23). The van der Waals surface area contributed by atoms with Gasteiger partial charge in [-0.25, -0.2) is 4.98 Å². The van der Waals surface area contributed by atoms with E-state index in [-0.39, 0.29) is 6.10 Å². The lowest BCUT2D eigenvalue weighted by molar-refractivity contribution is 0.238. The van der Waals surface area contributed by atoms with E-state index in [1.165, 1.54) is 0 Å². The summed E-state index contributed by atoms with van der Waals surface area (Å²) in [7, 11) is 1.67. The van der Waals surface area contributed by atoms with Crippen LogP contribution in [0.2, 0.25) is 0 Å². The highest BCUT2D eigenvalue weighted by molar-refractivity contribution is 5.84. The molecule has 0 radical (unpaired) electrons. The molecule has 2 aromatic heterocycles. The minimum atomic E-state index is -0.277. The Bertz CT molecular complexity index is 969. The summed E-state index contributed by atoms with van der Waals surface area (Å²) in [4.78, 5) is 11.2. The lowest BCUT2D eigenvalue weighted by Gasteiger charge is -2.19. The normalized spacial score (nSPS) is 12.0. The van der Waals surface area contributed by atoms with E-state index in [0.717, 1.165) is 27.6 Å². The van der Waals surface area contributed by atoms with Crippen LogP contribution in [0.1, 0.15) is 17.2 Å². The fourth-order valence-electron chi connectivity index (χ4n) is 2.83. The fraction of sp³-hybridized carbons (Fsp3) is 0.100. The number of pyridine rings is 1. The summed E-state index contributed by atoms with van der Waals surface area (Å²) in [5.41, 5.74) is 2.02. The van der Waals surface area contributed by atoms with Crippen LogP contribution in [0.4, 0.5) is 0 Å². The minimum absolute atomic E-state index is 0.277. The van der Waals surface area contributed by atoms with Crippen molar-refractivity contribution in [2.24, 2.45) is 0 Å². The summed E-state index contributed by atoms with van der Waals surface area (Å²) in [5, 5.41) is 2.25. The molecule has 0 spiro atoms. The first-order valence-electron chi connectivity index (χ1n) is 7.96. The van der Waals surface area contributed by atoms with Crippen molar-refractivity contribution in [3.8, 4) is 11.6 Å². The number of hydrogen-bond acceptors (Lipinski definition) is 4. The third-order valence-corrected chi connectivity index (χ3v) is 4.08. The van der Waals surface area contributed by atoms with Crippen molar-refractivity contribution in [1.29, 1.82) is 0 Å². The van der Waals surface area contributed by atoms with Crippen molar-refractivity contribution >= 4 is 10.8 Å². The molecule has 2 heterocycles. The number of methoxy groups -OCH3 is 1. The van der Waals surface area contributed by atoms with Gasteiger partial charge >= 0.3 is 0 Å². The van der Waals surface area contributed by atoms with E-state index < -0.39 is 0 Å². The fourth-order valence-corrected chi connectivity index (χ4v) is 2.83. The molecule has 25 heavy (non-hydrogen) atoms. The number of ether oxygens (including phenoxy) is 2. The average molecular weight is 331 g/mol. The third-order valence-electron chi connectivity index (χ3n) is 4.08. The molecule has 0 saturated carbocycles. The van der Waals surface area contributed by atoms with Crippen molar-refractivity contribution in [2.75, 3.05) is 7.11 Å². The first-order valence-corrected chi connectivity index (χ1v) is 7.96. The Hall–Kier alpha value is -3.34. The largest absolute Gasteiger partial charge is 0.497 e. The van der Waals surface area contributed by atoms with Crippen molar-refractivity contribution in [2.45, 2.75) is 6.10 Å². The van der Waals surface area contributed by atoms with Crippen LogP contribution >= 0.6 is 0 Å². The Balaban J connectivity index is 1.77. The van der Waals surface area contributed by atoms with E-state index in [0.29, 0.717) is 5.88 Å². The van der Waals surface area contributed by atoms with Crippen molar-refractivity contribution in [3.63, 3.8) is 0 Å². The van der Waals surface area contributed by atoms with Gasteiger partial charge in [0.2, 0.25) is 5.88 Å². The van der Waals surface area contributed by atoms with Gasteiger partial charge in [0.15, 0.2) is 6.10 Å². The zero-order chi connectivity index (χ0) is 17.1. The zero-order valence-electron chi connectivity index (χ0n) is 13.7. The molecule has 0 saturated heterocycles. The molecule has 4 rings (SSSR count). The van der Waals surface area contributed by atoms with Gasteiger partial charge in [0.05, 0.1) is 19.6 Å². The molecule has 0 aliphatic heterocycles. The smallest absolute Gasteiger partial charge is 0.211 e. The number of aromatic amines is 1. The van der Waals surface area contributed by atoms with Gasteiger partial charge in [-0.15, -0.1) is 0 Å². The lowest BCUT2D eigenvalue weighted by Crippen LogP contribution is -2.10. The highest BCUT2D eigenvalue weighted by Crippen LogP contribution is 2.30. The molecule has 0 amide bonds. The summed E-state index contributed by atoms with van der Waals surface area (Å²) in [5.74, 6) is 1.46. The van der Waals surface area contributed by atoms with Crippen molar-refractivity contribution in [1.82, 2.24) is 15.0 Å². The van der Waals surface area contributed by atoms with Gasteiger partial charge in [-0.3, -0.25) is 4.98 Å². The van der Waals surface area contributed by atoms with Crippen molar-refractivity contribution < 1.29 is 9.47 Å². The Kier molecular flexibility index (Phi) is 4.04. The second-order valence-electron chi connectivity index (χ2n) is 5.67. The summed E-state index contributed by atoms with van der Waals surface area (Å²) < 4.78 is 11.4. The van der Waals surface area contributed by atoms with Gasteiger partial charge in [0.1, 0.15) is 5.75 Å². The van der Waals surface area contributed by atoms with Crippen LogP contribution in [0.15, 0.2) is 73.4 Å². The molecule has 0 aliphatic rings. The van der Waals surface area contributed by atoms with Crippen LogP contribution in [-0.2, 0) is 0 Å². The number of nitrogens with one attached hydrogen (secondary N) is 1. The molecule has 1 N–H and O–H groups in total. The number of imidazole rings is 1. The molecule has 0 bridgehead atoms. The molecule has 0 aliphatic carbocycles. The third kappa shape index (κ3) is 3.17. The SMILES string of the molecule is COc1ccc2cc(C(Oc3cnc[nH]3)c3cccnc3)ccc2c1. The number of rotatable bonds is 5. The molecule has 4 aromatic rings. The van der Waals surface area contributed by atoms with Crippen molar-refractivity contribution in [3.05, 3.63) is 84.6 Å². The van der Waals surface area contributed by atoms with Gasteiger partial charge in [-0.1, -0.05) is 24.3 Å². The number of benzene rings is 2. The Morgan fingerprint density at radius 2 is 1.80 bits per heavy atom. The van der Waals surface area contributed by atoms with Gasteiger partial charge in [-0.05, 0) is 40.6 Å². The highest BCUT2D eigenvalue weighted by atomic mass is 16.5. The van der Waals surface area contributed by atoms with Gasteiger partial charge < -0.3 is 14.5 Å². The predicted octanol–water partition coefficient (Wildman–Crippen LogP) is 4.13. The van der Waals surface area contributed by atoms with E-state index in [1.807, 2.05) is 36.5 Å². The maximum Gasteiger partial charge on any atom is 0.211 e. The minimum Gasteiger partial charge on any atom is -0.497 e. The summed E-state index contributed by atoms with van der Waals surface area (Å²) in [6.07, 6.45) is 6.56. The summed E-state index contributed by atoms with van der Waals surface area (Å²) in [6.45, 7) is 0. The van der Waals surface area contributed by atoms with E-state index in [4.69, 9.17) is 9.47 Å². The molecule has 5 nitrogen and oxygen atoms in total. The number of fused-ring (bicyclic) bond motifs is 1. The Labute approximate surface area is 145 Å². The van der Waals surface area contributed by atoms with Crippen LogP contribution in [0.25, 0.3) is 10.8 Å². The summed E-state index contributed by atoms with van der Waals surface area (Å²) in [6, 6.07) is 16.2. The second kappa shape index (κ2) is 6.65. The predicted molar refractivity (Wildman–Crippen MR) is 95.8 cm³/mol. The van der Waals surface area contributed by atoms with E-state index in [2.05, 4.69) is 33.2 Å². The maximum atomic E-state index is 6.14. The summed E-state index contributed by atoms with van der Waals surface area (Å²) >= 11 is 0.